The number of non-ortho nitro benzene ring substituents is 1. The van der Waals surface area contributed by atoms with E-state index in [9.17, 15) is 24.8 Å². The molecule has 316 valence electrons. The molecule has 62 heavy (non-hydrogen) atoms. The van der Waals surface area contributed by atoms with E-state index in [1.807, 2.05) is 79.7 Å². The Bertz CT molecular complexity index is 2810. The lowest BCUT2D eigenvalue weighted by Gasteiger charge is -2.39. The van der Waals surface area contributed by atoms with E-state index in [1.165, 1.54) is 16.8 Å². The Labute approximate surface area is 359 Å². The van der Waals surface area contributed by atoms with Crippen molar-refractivity contribution >= 4 is 47.2 Å². The Balaban J connectivity index is 1.12. The number of nitro groups is 1. The Morgan fingerprint density at radius 2 is 1.71 bits per heavy atom. The van der Waals surface area contributed by atoms with Crippen LogP contribution < -0.4 is 20.4 Å². The van der Waals surface area contributed by atoms with Crippen LogP contribution in [0.1, 0.15) is 35.6 Å². The molecule has 3 aliphatic rings. The second kappa shape index (κ2) is 15.8. The highest BCUT2D eigenvalue weighted by Crippen LogP contribution is 2.60. The van der Waals surface area contributed by atoms with Gasteiger partial charge >= 0.3 is 0 Å². The molecule has 0 unspecified atom stereocenters. The minimum Gasteiger partial charge on any atom is -0.497 e. The Hall–Kier alpha value is -6.48. The fourth-order valence-corrected chi connectivity index (χ4v) is 14.4. The van der Waals surface area contributed by atoms with Gasteiger partial charge in [-0.2, -0.15) is 9.78 Å². The Morgan fingerprint density at radius 3 is 2.45 bits per heavy atom. The number of rotatable bonds is 10. The van der Waals surface area contributed by atoms with Crippen LogP contribution >= 0.6 is 0 Å². The van der Waals surface area contributed by atoms with Crippen LogP contribution in [0.5, 0.6) is 5.75 Å². The zero-order valence-corrected chi connectivity index (χ0v) is 35.9. The monoisotopic (exact) mass is 849 g/mol. The van der Waals surface area contributed by atoms with Crippen LogP contribution in [-0.4, -0.2) is 70.5 Å². The zero-order valence-electron chi connectivity index (χ0n) is 34.9. The van der Waals surface area contributed by atoms with E-state index in [-0.39, 0.29) is 48.2 Å². The highest BCUT2D eigenvalue weighted by molar-refractivity contribution is 6.91. The predicted octanol–water partition coefficient (Wildman–Crippen LogP) is 6.40. The van der Waals surface area contributed by atoms with Crippen LogP contribution in [0.3, 0.4) is 0 Å². The maximum Gasteiger partial charge on any atom is 0.279 e. The molecule has 0 bridgehead atoms. The molecule has 1 saturated heterocycles. The molecular weight excluding hydrogens is 803 g/mol. The number of amides is 2. The summed E-state index contributed by atoms with van der Waals surface area (Å²) in [5.74, 6) is -0.421. The number of aliphatic hydroxyl groups is 1. The van der Waals surface area contributed by atoms with Gasteiger partial charge in [0.15, 0.2) is 5.60 Å². The van der Waals surface area contributed by atoms with Gasteiger partial charge in [0.1, 0.15) is 5.75 Å². The number of aliphatic hydroxyl groups excluding tert-OH is 1. The first-order valence-electron chi connectivity index (χ1n) is 20.8. The topological polar surface area (TPSA) is 157 Å². The summed E-state index contributed by atoms with van der Waals surface area (Å²) >= 11 is 0. The molecule has 0 aliphatic carbocycles. The summed E-state index contributed by atoms with van der Waals surface area (Å²) in [4.78, 5) is 59.0. The molecule has 5 atom stereocenters. The first-order chi connectivity index (χ1) is 29.8. The molecule has 13 nitrogen and oxygen atoms in total. The second-order valence-corrected chi connectivity index (χ2v) is 21.8. The third-order valence-electron chi connectivity index (χ3n) is 13.5. The van der Waals surface area contributed by atoms with Crippen molar-refractivity contribution in [1.82, 2.24) is 14.7 Å². The number of nitro benzene ring substituents is 1. The summed E-state index contributed by atoms with van der Waals surface area (Å²) in [6.07, 6.45) is 1.33. The number of carbonyl (C=O) groups excluding carboxylic acids is 2. The molecule has 6 aromatic rings. The average molecular weight is 850 g/mol. The minimum absolute atomic E-state index is 0.0604. The van der Waals surface area contributed by atoms with Crippen molar-refractivity contribution in [3.63, 3.8) is 0 Å². The number of methoxy groups -OCH3 is 1. The van der Waals surface area contributed by atoms with Gasteiger partial charge in [0, 0.05) is 35.5 Å². The fourth-order valence-electron chi connectivity index (χ4n) is 10.3. The molecule has 4 heterocycles. The van der Waals surface area contributed by atoms with Crippen molar-refractivity contribution in [3.05, 3.63) is 164 Å². The SMILES string of the molecule is COc1ccc([Si](C)(C)[C@@H]2[C@@H](CC(=O)N3Cc4ccccc4C[C@H]3CO)O[C@]3(C(=O)N(Cc4cccc(-n5ncc6ccccc6c5=O)c4)c4ccc([N+](=O)[O-])cc43)[C@H]2C)cc1. The van der Waals surface area contributed by atoms with Gasteiger partial charge in [0.25, 0.3) is 17.2 Å². The lowest BCUT2D eigenvalue weighted by Crippen LogP contribution is -2.52. The molecule has 1 fully saturated rings. The quantitative estimate of drug-likeness (QED) is 0.0936. The first kappa shape index (κ1) is 40.9. The normalized spacial score (nSPS) is 21.9. The van der Waals surface area contributed by atoms with Crippen molar-refractivity contribution in [2.75, 3.05) is 18.6 Å². The standard InChI is InChI=1S/C48H47N5O8Si/c1-30-45(62(3,4)39-19-17-38(60-2)18-20-39)43(25-44(55)50-28-34-13-6-5-11-32(34)23-37(50)29-54)61-48(30)41-24-36(53(58)59)16-21-42(41)51(47(48)57)27-31-10-9-14-35(22-31)52-46(56)40-15-8-7-12-33(40)26-49-52/h5-22,24,26,30,37,43,45,54H,23,25,27-29H2,1-4H3/t30-,37-,43+,45-,48+/m0/s1. The fraction of sp³-hybridized carbons (Fsp3) is 0.292. The van der Waals surface area contributed by atoms with Gasteiger partial charge in [0.2, 0.25) is 5.91 Å². The molecule has 14 heteroatoms. The van der Waals surface area contributed by atoms with Crippen molar-refractivity contribution in [1.29, 1.82) is 0 Å². The number of carbonyl (C=O) groups is 2. The molecule has 2 amide bonds. The molecule has 1 N–H and O–H groups in total. The number of hydrogen-bond donors (Lipinski definition) is 1. The molecule has 9 rings (SSSR count). The third-order valence-corrected chi connectivity index (χ3v) is 17.8. The summed E-state index contributed by atoms with van der Waals surface area (Å²) < 4.78 is 14.0. The van der Waals surface area contributed by atoms with E-state index in [4.69, 9.17) is 9.47 Å². The summed E-state index contributed by atoms with van der Waals surface area (Å²) in [5.41, 5.74) is 1.71. The van der Waals surface area contributed by atoms with Gasteiger partial charge in [-0.25, -0.2) is 0 Å². The third kappa shape index (κ3) is 6.69. The van der Waals surface area contributed by atoms with E-state index in [0.29, 0.717) is 46.6 Å². The molecule has 0 radical (unpaired) electrons. The first-order valence-corrected chi connectivity index (χ1v) is 23.9. The highest BCUT2D eigenvalue weighted by Gasteiger charge is 2.67. The second-order valence-electron chi connectivity index (χ2n) is 17.2. The lowest BCUT2D eigenvalue weighted by atomic mass is 9.82. The number of nitrogens with zero attached hydrogens (tertiary/aromatic N) is 5. The van der Waals surface area contributed by atoms with Crippen molar-refractivity contribution in [2.24, 2.45) is 5.92 Å². The maximum atomic E-state index is 15.5. The Morgan fingerprint density at radius 1 is 0.968 bits per heavy atom. The molecule has 1 spiro atoms. The van der Waals surface area contributed by atoms with Crippen LogP contribution in [0.25, 0.3) is 16.5 Å². The Kier molecular flexibility index (Phi) is 10.4. The summed E-state index contributed by atoms with van der Waals surface area (Å²) in [6, 6.07) is 34.3. The highest BCUT2D eigenvalue weighted by atomic mass is 28.3. The van der Waals surface area contributed by atoms with Gasteiger partial charge < -0.3 is 24.4 Å². The lowest BCUT2D eigenvalue weighted by molar-refractivity contribution is -0.385. The number of anilines is 1. The number of benzene rings is 5. The van der Waals surface area contributed by atoms with Gasteiger partial charge in [-0.1, -0.05) is 91.9 Å². The van der Waals surface area contributed by atoms with Gasteiger partial charge in [-0.15, -0.1) is 0 Å². The van der Waals surface area contributed by atoms with E-state index < -0.39 is 36.7 Å². The number of fused-ring (bicyclic) bond motifs is 4. The van der Waals surface area contributed by atoms with E-state index in [2.05, 4.69) is 18.2 Å². The van der Waals surface area contributed by atoms with Gasteiger partial charge in [0.05, 0.1) is 74.8 Å². The average Bonchev–Trinajstić information content (AvgIpc) is 3.71. The molecule has 5 aromatic carbocycles. The largest absolute Gasteiger partial charge is 0.497 e. The number of ether oxygens (including phenoxy) is 2. The smallest absolute Gasteiger partial charge is 0.279 e. The van der Waals surface area contributed by atoms with Gasteiger partial charge in [-0.3, -0.25) is 24.5 Å². The van der Waals surface area contributed by atoms with Crippen molar-refractivity contribution < 1.29 is 29.1 Å². The molecule has 3 aliphatic heterocycles. The van der Waals surface area contributed by atoms with Crippen LogP contribution in [0.4, 0.5) is 11.4 Å². The zero-order chi connectivity index (χ0) is 43.5. The maximum absolute atomic E-state index is 15.5. The summed E-state index contributed by atoms with van der Waals surface area (Å²) in [6.45, 7) is 6.59. The number of hydrogen-bond acceptors (Lipinski definition) is 9. The van der Waals surface area contributed by atoms with Gasteiger partial charge in [-0.05, 0) is 65.1 Å². The van der Waals surface area contributed by atoms with Crippen LogP contribution in [-0.2, 0) is 39.4 Å². The van der Waals surface area contributed by atoms with Crippen LogP contribution in [0, 0.1) is 16.0 Å². The minimum atomic E-state index is -2.70. The molecular formula is C48H47N5O8Si. The van der Waals surface area contributed by atoms with E-state index >= 15 is 4.79 Å². The molecule has 1 aromatic heterocycles. The number of aromatic nitrogens is 2. The molecule has 0 saturated carbocycles. The van der Waals surface area contributed by atoms with Crippen LogP contribution in [0.2, 0.25) is 18.6 Å². The predicted molar refractivity (Wildman–Crippen MR) is 237 cm³/mol. The van der Waals surface area contributed by atoms with E-state index in [1.54, 1.807) is 53.4 Å². The summed E-state index contributed by atoms with van der Waals surface area (Å²) in [7, 11) is -1.09. The van der Waals surface area contributed by atoms with Crippen molar-refractivity contribution in [3.8, 4) is 11.4 Å². The van der Waals surface area contributed by atoms with E-state index in [0.717, 1.165) is 21.7 Å². The van der Waals surface area contributed by atoms with Crippen LogP contribution in [0.15, 0.2) is 126 Å². The summed E-state index contributed by atoms with van der Waals surface area (Å²) in [5, 5.41) is 29.7. The van der Waals surface area contributed by atoms with Crippen molar-refractivity contribution in [2.45, 2.75) is 69.2 Å².